The topological polar surface area (TPSA) is 27.1 Å². The first-order chi connectivity index (χ1) is 6.65. The summed E-state index contributed by atoms with van der Waals surface area (Å²) in [6.45, 7) is 7.78. The summed E-state index contributed by atoms with van der Waals surface area (Å²) < 4.78 is 8.59. The molecule has 80 valence electrons. The summed E-state index contributed by atoms with van der Waals surface area (Å²) in [5.74, 6) is 0. The van der Waals surface area contributed by atoms with Crippen molar-refractivity contribution in [3.63, 3.8) is 0 Å². The lowest BCUT2D eigenvalue weighted by molar-refractivity contribution is 0.0607. The third-order valence-corrected chi connectivity index (χ3v) is 2.55. The van der Waals surface area contributed by atoms with Crippen LogP contribution < -0.4 is 0 Å². The quantitative estimate of drug-likeness (QED) is 0.814. The molecule has 1 heterocycles. The Hall–Kier alpha value is -0.350. The van der Waals surface area contributed by atoms with Gasteiger partial charge in [0.25, 0.3) is 0 Å². The second-order valence-corrected chi connectivity index (χ2v) is 4.38. The molecule has 0 N–H and O–H groups in total. The average Bonchev–Trinajstić information content (AvgIpc) is 2.45. The van der Waals surface area contributed by atoms with Crippen molar-refractivity contribution in [1.29, 1.82) is 0 Å². The Labute approximate surface area is 93.6 Å². The standard InChI is InChI=1S/C10H17BrN2O/c1-4-5-13-10(7-14-8(2)3)9(11)6-12-13/h6,8H,4-5,7H2,1-3H3. The molecule has 0 spiro atoms. The Morgan fingerprint density at radius 2 is 2.29 bits per heavy atom. The molecule has 1 rings (SSSR count). The van der Waals surface area contributed by atoms with E-state index in [0.717, 1.165) is 23.1 Å². The van der Waals surface area contributed by atoms with E-state index in [4.69, 9.17) is 4.74 Å². The number of aromatic nitrogens is 2. The molecule has 4 heteroatoms. The third kappa shape index (κ3) is 3.10. The summed E-state index contributed by atoms with van der Waals surface area (Å²) in [6, 6.07) is 0. The summed E-state index contributed by atoms with van der Waals surface area (Å²) in [5.41, 5.74) is 1.13. The number of halogens is 1. The molecule has 0 aliphatic carbocycles. The molecule has 0 amide bonds. The third-order valence-electron chi connectivity index (χ3n) is 1.89. The van der Waals surface area contributed by atoms with Crippen LogP contribution in [0.15, 0.2) is 10.7 Å². The molecule has 0 aromatic carbocycles. The summed E-state index contributed by atoms with van der Waals surface area (Å²) in [7, 11) is 0. The lowest BCUT2D eigenvalue weighted by Crippen LogP contribution is -2.09. The molecule has 0 aliphatic heterocycles. The van der Waals surface area contributed by atoms with Gasteiger partial charge in [-0.05, 0) is 36.2 Å². The minimum Gasteiger partial charge on any atom is -0.372 e. The normalized spacial score (nSPS) is 11.2. The molecule has 1 aromatic heterocycles. The first-order valence-electron chi connectivity index (χ1n) is 4.97. The second-order valence-electron chi connectivity index (χ2n) is 3.52. The van der Waals surface area contributed by atoms with Gasteiger partial charge < -0.3 is 4.74 Å². The predicted octanol–water partition coefficient (Wildman–Crippen LogP) is 2.98. The van der Waals surface area contributed by atoms with Crippen LogP contribution in [0.5, 0.6) is 0 Å². The van der Waals surface area contributed by atoms with Gasteiger partial charge in [-0.3, -0.25) is 4.68 Å². The summed E-state index contributed by atoms with van der Waals surface area (Å²) >= 11 is 3.47. The van der Waals surface area contributed by atoms with Crippen molar-refractivity contribution in [1.82, 2.24) is 9.78 Å². The lowest BCUT2D eigenvalue weighted by atomic mass is 10.4. The molecule has 0 unspecified atom stereocenters. The Morgan fingerprint density at radius 3 is 2.86 bits per heavy atom. The van der Waals surface area contributed by atoms with Crippen molar-refractivity contribution < 1.29 is 4.74 Å². The predicted molar refractivity (Wildman–Crippen MR) is 60.1 cm³/mol. The molecule has 0 bridgehead atoms. The van der Waals surface area contributed by atoms with Gasteiger partial charge in [0.1, 0.15) is 0 Å². The highest BCUT2D eigenvalue weighted by Gasteiger charge is 2.08. The Balaban J connectivity index is 2.67. The van der Waals surface area contributed by atoms with E-state index in [9.17, 15) is 0 Å². The van der Waals surface area contributed by atoms with E-state index in [1.807, 2.05) is 24.7 Å². The zero-order valence-electron chi connectivity index (χ0n) is 8.96. The zero-order chi connectivity index (χ0) is 10.6. The van der Waals surface area contributed by atoms with Crippen LogP contribution in [0.4, 0.5) is 0 Å². The smallest absolute Gasteiger partial charge is 0.0899 e. The van der Waals surface area contributed by atoms with Gasteiger partial charge >= 0.3 is 0 Å². The van der Waals surface area contributed by atoms with Crippen LogP contribution in [0.3, 0.4) is 0 Å². The van der Waals surface area contributed by atoms with E-state index in [0.29, 0.717) is 6.61 Å². The molecule has 0 fully saturated rings. The maximum atomic E-state index is 5.56. The molecule has 0 saturated carbocycles. The highest BCUT2D eigenvalue weighted by molar-refractivity contribution is 9.10. The monoisotopic (exact) mass is 260 g/mol. The van der Waals surface area contributed by atoms with E-state index < -0.39 is 0 Å². The number of hydrogen-bond acceptors (Lipinski definition) is 2. The fraction of sp³-hybridized carbons (Fsp3) is 0.700. The molecule has 3 nitrogen and oxygen atoms in total. The Kier molecular flexibility index (Phi) is 4.62. The van der Waals surface area contributed by atoms with Crippen LogP contribution >= 0.6 is 15.9 Å². The van der Waals surface area contributed by atoms with Crippen molar-refractivity contribution in [3.05, 3.63) is 16.4 Å². The van der Waals surface area contributed by atoms with Crippen molar-refractivity contribution in [3.8, 4) is 0 Å². The van der Waals surface area contributed by atoms with Crippen molar-refractivity contribution >= 4 is 15.9 Å². The molecule has 1 aromatic rings. The maximum Gasteiger partial charge on any atom is 0.0899 e. The van der Waals surface area contributed by atoms with Crippen LogP contribution in [0, 0.1) is 0 Å². The highest BCUT2D eigenvalue weighted by Crippen LogP contribution is 2.17. The summed E-state index contributed by atoms with van der Waals surface area (Å²) in [5, 5.41) is 4.27. The fourth-order valence-corrected chi connectivity index (χ4v) is 1.59. The van der Waals surface area contributed by atoms with Crippen LogP contribution in [-0.2, 0) is 17.9 Å². The number of aryl methyl sites for hydroxylation is 1. The van der Waals surface area contributed by atoms with Gasteiger partial charge in [-0.2, -0.15) is 5.10 Å². The maximum absolute atomic E-state index is 5.56. The van der Waals surface area contributed by atoms with Crippen LogP contribution in [0.25, 0.3) is 0 Å². The van der Waals surface area contributed by atoms with Gasteiger partial charge in [-0.25, -0.2) is 0 Å². The van der Waals surface area contributed by atoms with E-state index >= 15 is 0 Å². The first kappa shape index (κ1) is 11.7. The highest BCUT2D eigenvalue weighted by atomic mass is 79.9. The van der Waals surface area contributed by atoms with Crippen molar-refractivity contribution in [2.24, 2.45) is 0 Å². The molecule has 0 saturated heterocycles. The van der Waals surface area contributed by atoms with E-state index in [1.165, 1.54) is 0 Å². The second kappa shape index (κ2) is 5.51. The molecule has 14 heavy (non-hydrogen) atoms. The lowest BCUT2D eigenvalue weighted by Gasteiger charge is -2.10. The SMILES string of the molecule is CCCn1ncc(Br)c1COC(C)C. The van der Waals surface area contributed by atoms with Gasteiger partial charge in [0.2, 0.25) is 0 Å². The first-order valence-corrected chi connectivity index (χ1v) is 5.76. The van der Waals surface area contributed by atoms with Crippen LogP contribution in [0.2, 0.25) is 0 Å². The molecular formula is C10H17BrN2O. The van der Waals surface area contributed by atoms with Gasteiger partial charge in [0, 0.05) is 6.54 Å². The molecular weight excluding hydrogens is 244 g/mol. The largest absolute Gasteiger partial charge is 0.372 e. The van der Waals surface area contributed by atoms with Crippen LogP contribution in [0.1, 0.15) is 32.9 Å². The number of nitrogens with zero attached hydrogens (tertiary/aromatic N) is 2. The minimum atomic E-state index is 0.256. The average molecular weight is 261 g/mol. The Bertz CT molecular complexity index is 284. The molecule has 0 aliphatic rings. The molecule has 0 radical (unpaired) electrons. The van der Waals surface area contributed by atoms with E-state index in [1.54, 1.807) is 0 Å². The van der Waals surface area contributed by atoms with Crippen LogP contribution in [-0.4, -0.2) is 15.9 Å². The van der Waals surface area contributed by atoms with Crippen molar-refractivity contribution in [2.75, 3.05) is 0 Å². The summed E-state index contributed by atoms with van der Waals surface area (Å²) in [4.78, 5) is 0. The van der Waals surface area contributed by atoms with E-state index in [2.05, 4.69) is 28.0 Å². The minimum absolute atomic E-state index is 0.256. The number of hydrogen-bond donors (Lipinski definition) is 0. The Morgan fingerprint density at radius 1 is 1.57 bits per heavy atom. The number of rotatable bonds is 5. The fourth-order valence-electron chi connectivity index (χ4n) is 1.18. The van der Waals surface area contributed by atoms with Gasteiger partial charge in [-0.1, -0.05) is 6.92 Å². The van der Waals surface area contributed by atoms with Crippen molar-refractivity contribution in [2.45, 2.75) is 46.4 Å². The van der Waals surface area contributed by atoms with Gasteiger partial charge in [-0.15, -0.1) is 0 Å². The zero-order valence-corrected chi connectivity index (χ0v) is 10.5. The van der Waals surface area contributed by atoms with Gasteiger partial charge in [0.05, 0.1) is 29.1 Å². The summed E-state index contributed by atoms with van der Waals surface area (Å²) in [6.07, 6.45) is 3.17. The van der Waals surface area contributed by atoms with E-state index in [-0.39, 0.29) is 6.10 Å². The molecule has 0 atom stereocenters. The van der Waals surface area contributed by atoms with Gasteiger partial charge in [0.15, 0.2) is 0 Å². The number of ether oxygens (including phenoxy) is 1.